The molecule has 4 rings (SSSR count). The highest BCUT2D eigenvalue weighted by Crippen LogP contribution is 2.20. The van der Waals surface area contributed by atoms with Crippen molar-refractivity contribution in [2.45, 2.75) is 38.4 Å². The zero-order valence-corrected chi connectivity index (χ0v) is 18.6. The van der Waals surface area contributed by atoms with E-state index in [1.807, 2.05) is 35.2 Å². The second kappa shape index (κ2) is 10.6. The van der Waals surface area contributed by atoms with Crippen LogP contribution in [0.5, 0.6) is 0 Å². The largest absolute Gasteiger partial charge is 0.379 e. The zero-order chi connectivity index (χ0) is 22.3. The Hall–Kier alpha value is -2.90. The number of morpholine rings is 1. The third-order valence-corrected chi connectivity index (χ3v) is 5.92. The third kappa shape index (κ3) is 6.31. The maximum Gasteiger partial charge on any atom is 0.319 e. The molecule has 0 bridgehead atoms. The maximum absolute atomic E-state index is 13.5. The van der Waals surface area contributed by atoms with Crippen LogP contribution in [-0.4, -0.2) is 66.7 Å². The molecule has 2 aliphatic rings. The summed E-state index contributed by atoms with van der Waals surface area (Å²) in [6.45, 7) is 6.72. The van der Waals surface area contributed by atoms with Gasteiger partial charge in [-0.3, -0.25) is 9.69 Å². The Bertz CT molecular complexity index is 893. The third-order valence-electron chi connectivity index (χ3n) is 5.92. The average molecular weight is 437 g/mol. The van der Waals surface area contributed by atoms with Crippen molar-refractivity contribution in [3.8, 4) is 0 Å². The van der Waals surface area contributed by atoms with Gasteiger partial charge in [0.25, 0.3) is 5.91 Å². The first-order valence-corrected chi connectivity index (χ1v) is 11.4. The van der Waals surface area contributed by atoms with Gasteiger partial charge >= 0.3 is 6.03 Å². The van der Waals surface area contributed by atoms with Crippen LogP contribution in [0.2, 0.25) is 0 Å². The number of rotatable bonds is 8. The average Bonchev–Trinajstić information content (AvgIpc) is 3.62. The molecule has 3 amide bonds. The monoisotopic (exact) mass is 436 g/mol. The fourth-order valence-electron chi connectivity index (χ4n) is 3.91. The van der Waals surface area contributed by atoms with Gasteiger partial charge in [0.2, 0.25) is 0 Å². The molecular weight excluding hydrogens is 404 g/mol. The summed E-state index contributed by atoms with van der Waals surface area (Å²) in [6.07, 6.45) is 2.08. The van der Waals surface area contributed by atoms with Gasteiger partial charge in [0.15, 0.2) is 0 Å². The molecule has 2 fully saturated rings. The van der Waals surface area contributed by atoms with Crippen LogP contribution < -0.4 is 10.6 Å². The zero-order valence-electron chi connectivity index (χ0n) is 18.6. The van der Waals surface area contributed by atoms with Gasteiger partial charge in [-0.1, -0.05) is 30.3 Å². The molecule has 2 aromatic rings. The molecular formula is C25H32N4O3. The van der Waals surface area contributed by atoms with E-state index in [2.05, 4.69) is 22.5 Å². The standard InChI is InChI=1S/C25H32N4O3/c1-19(17-28-13-15-32-16-14-28)29(18-20-5-3-2-4-6-20)24(30)21-7-9-22(10-8-21)26-25(31)27-23-11-12-23/h2-10,19,23H,11-18H2,1H3,(H2,26,27,31). The molecule has 1 unspecified atom stereocenters. The number of carbonyl (C=O) groups excluding carboxylic acids is 2. The number of hydrogen-bond acceptors (Lipinski definition) is 4. The maximum atomic E-state index is 13.5. The number of ether oxygens (including phenoxy) is 1. The second-order valence-corrected chi connectivity index (χ2v) is 8.63. The lowest BCUT2D eigenvalue weighted by Gasteiger charge is -2.35. The second-order valence-electron chi connectivity index (χ2n) is 8.63. The predicted octanol–water partition coefficient (Wildman–Crippen LogP) is 3.33. The summed E-state index contributed by atoms with van der Waals surface area (Å²) in [5.74, 6) is -0.0106. The number of nitrogens with one attached hydrogen (secondary N) is 2. The van der Waals surface area contributed by atoms with E-state index in [-0.39, 0.29) is 18.0 Å². The van der Waals surface area contributed by atoms with Crippen molar-refractivity contribution >= 4 is 17.6 Å². The van der Waals surface area contributed by atoms with E-state index in [1.165, 1.54) is 0 Å². The molecule has 1 saturated carbocycles. The highest BCUT2D eigenvalue weighted by atomic mass is 16.5. The first-order valence-electron chi connectivity index (χ1n) is 11.4. The van der Waals surface area contributed by atoms with Crippen molar-refractivity contribution in [2.75, 3.05) is 38.2 Å². The SMILES string of the molecule is CC(CN1CCOCC1)N(Cc1ccccc1)C(=O)c1ccc(NC(=O)NC2CC2)cc1. The van der Waals surface area contributed by atoms with Gasteiger partial charge in [-0.05, 0) is 49.6 Å². The van der Waals surface area contributed by atoms with E-state index in [9.17, 15) is 9.59 Å². The Kier molecular flexibility index (Phi) is 7.39. The first kappa shape index (κ1) is 22.3. The van der Waals surface area contributed by atoms with Gasteiger partial charge in [-0.25, -0.2) is 4.79 Å². The minimum absolute atomic E-state index is 0.0106. The molecule has 0 aromatic heterocycles. The molecule has 1 atom stereocenters. The molecule has 0 radical (unpaired) electrons. The van der Waals surface area contributed by atoms with Crippen LogP contribution >= 0.6 is 0 Å². The van der Waals surface area contributed by atoms with Crippen molar-refractivity contribution in [1.29, 1.82) is 0 Å². The van der Waals surface area contributed by atoms with Crippen molar-refractivity contribution in [3.05, 3.63) is 65.7 Å². The number of hydrogen-bond donors (Lipinski definition) is 2. The summed E-state index contributed by atoms with van der Waals surface area (Å²) < 4.78 is 5.46. The molecule has 7 nitrogen and oxygen atoms in total. The van der Waals surface area contributed by atoms with Gasteiger partial charge in [0, 0.05) is 49.5 Å². The molecule has 2 aromatic carbocycles. The van der Waals surface area contributed by atoms with Crippen LogP contribution in [0.4, 0.5) is 10.5 Å². The topological polar surface area (TPSA) is 73.9 Å². The van der Waals surface area contributed by atoms with Gasteiger partial charge < -0.3 is 20.3 Å². The van der Waals surface area contributed by atoms with Crippen LogP contribution in [0, 0.1) is 0 Å². The Morgan fingerprint density at radius 3 is 2.41 bits per heavy atom. The predicted molar refractivity (Wildman–Crippen MR) is 125 cm³/mol. The summed E-state index contributed by atoms with van der Waals surface area (Å²) in [4.78, 5) is 29.8. The Morgan fingerprint density at radius 1 is 1.06 bits per heavy atom. The molecule has 0 spiro atoms. The van der Waals surface area contributed by atoms with Crippen molar-refractivity contribution in [3.63, 3.8) is 0 Å². The summed E-state index contributed by atoms with van der Waals surface area (Å²) in [5, 5.41) is 5.73. The molecule has 1 saturated heterocycles. The summed E-state index contributed by atoms with van der Waals surface area (Å²) >= 11 is 0. The normalized spacial score (nSPS) is 17.4. The molecule has 1 aliphatic carbocycles. The number of nitrogens with zero attached hydrogens (tertiary/aromatic N) is 2. The fourth-order valence-corrected chi connectivity index (χ4v) is 3.91. The number of anilines is 1. The summed E-state index contributed by atoms with van der Waals surface area (Å²) in [5.41, 5.74) is 2.39. The van der Waals surface area contributed by atoms with Crippen molar-refractivity contribution in [2.24, 2.45) is 0 Å². The lowest BCUT2D eigenvalue weighted by molar-refractivity contribution is 0.0228. The minimum Gasteiger partial charge on any atom is -0.379 e. The van der Waals surface area contributed by atoms with Crippen molar-refractivity contribution in [1.82, 2.24) is 15.1 Å². The molecule has 170 valence electrons. The van der Waals surface area contributed by atoms with E-state index < -0.39 is 0 Å². The minimum atomic E-state index is -0.198. The van der Waals surface area contributed by atoms with E-state index in [1.54, 1.807) is 24.3 Å². The molecule has 7 heteroatoms. The first-order chi connectivity index (χ1) is 15.6. The molecule has 32 heavy (non-hydrogen) atoms. The Morgan fingerprint density at radius 2 is 1.75 bits per heavy atom. The van der Waals surface area contributed by atoms with Gasteiger partial charge in [0.05, 0.1) is 13.2 Å². The van der Waals surface area contributed by atoms with E-state index >= 15 is 0 Å². The van der Waals surface area contributed by atoms with Crippen LogP contribution in [0.25, 0.3) is 0 Å². The van der Waals surface area contributed by atoms with Crippen LogP contribution in [0.15, 0.2) is 54.6 Å². The number of carbonyl (C=O) groups is 2. The van der Waals surface area contributed by atoms with Crippen LogP contribution in [0.3, 0.4) is 0 Å². The smallest absolute Gasteiger partial charge is 0.319 e. The number of urea groups is 1. The molecule has 1 heterocycles. The highest BCUT2D eigenvalue weighted by Gasteiger charge is 2.25. The summed E-state index contributed by atoms with van der Waals surface area (Å²) in [6, 6.07) is 17.4. The van der Waals surface area contributed by atoms with Crippen molar-refractivity contribution < 1.29 is 14.3 Å². The Balaban J connectivity index is 1.44. The van der Waals surface area contributed by atoms with Gasteiger partial charge in [-0.15, -0.1) is 0 Å². The number of amides is 3. The van der Waals surface area contributed by atoms with E-state index in [0.29, 0.717) is 23.8 Å². The fraction of sp³-hybridized carbons (Fsp3) is 0.440. The Labute approximate surface area is 189 Å². The molecule has 1 aliphatic heterocycles. The lowest BCUT2D eigenvalue weighted by Crippen LogP contribution is -2.48. The highest BCUT2D eigenvalue weighted by molar-refractivity contribution is 5.95. The van der Waals surface area contributed by atoms with Crippen LogP contribution in [-0.2, 0) is 11.3 Å². The van der Waals surface area contributed by atoms with Gasteiger partial charge in [0.1, 0.15) is 0 Å². The number of benzene rings is 2. The van der Waals surface area contributed by atoms with E-state index in [4.69, 9.17) is 4.74 Å². The summed E-state index contributed by atoms with van der Waals surface area (Å²) in [7, 11) is 0. The van der Waals surface area contributed by atoms with Crippen LogP contribution in [0.1, 0.15) is 35.7 Å². The lowest BCUT2D eigenvalue weighted by atomic mass is 10.1. The quantitative estimate of drug-likeness (QED) is 0.666. The molecule has 2 N–H and O–H groups in total. The van der Waals surface area contributed by atoms with E-state index in [0.717, 1.165) is 51.3 Å². The van der Waals surface area contributed by atoms with Gasteiger partial charge in [-0.2, -0.15) is 0 Å².